The molecule has 0 radical (unpaired) electrons. The zero-order valence-corrected chi connectivity index (χ0v) is 12.2. The molecule has 2 heterocycles. The van der Waals surface area contributed by atoms with Crippen molar-refractivity contribution in [1.82, 2.24) is 9.88 Å². The molecule has 3 aromatic rings. The van der Waals surface area contributed by atoms with Gasteiger partial charge in [-0.1, -0.05) is 6.07 Å². The number of aromatic nitrogens is 1. The molecule has 0 bridgehead atoms. The van der Waals surface area contributed by atoms with Crippen LogP contribution in [0.25, 0.3) is 10.9 Å². The summed E-state index contributed by atoms with van der Waals surface area (Å²) in [7, 11) is 1.97. The molecule has 1 N–H and O–H groups in total. The minimum absolute atomic E-state index is 0.182. The number of fused-ring (bicyclic) bond motifs is 1. The molecular formula is C16H17FN2S. The Kier molecular flexibility index (Phi) is 3.85. The van der Waals surface area contributed by atoms with Gasteiger partial charge in [-0.05, 0) is 55.7 Å². The van der Waals surface area contributed by atoms with Crippen LogP contribution in [0, 0.1) is 5.82 Å². The summed E-state index contributed by atoms with van der Waals surface area (Å²) in [5.41, 5.74) is 1.08. The van der Waals surface area contributed by atoms with Gasteiger partial charge in [0.05, 0.1) is 6.04 Å². The molecule has 2 aromatic heterocycles. The van der Waals surface area contributed by atoms with E-state index in [4.69, 9.17) is 0 Å². The van der Waals surface area contributed by atoms with Crippen molar-refractivity contribution in [2.75, 3.05) is 13.6 Å². The number of rotatable bonds is 5. The fourth-order valence-corrected chi connectivity index (χ4v) is 3.45. The summed E-state index contributed by atoms with van der Waals surface area (Å²) in [6, 6.07) is 11.5. The molecule has 0 aliphatic heterocycles. The number of benzene rings is 1. The van der Waals surface area contributed by atoms with E-state index in [0.717, 1.165) is 23.9 Å². The topological polar surface area (TPSA) is 17.0 Å². The zero-order valence-electron chi connectivity index (χ0n) is 11.3. The van der Waals surface area contributed by atoms with Crippen molar-refractivity contribution in [3.8, 4) is 0 Å². The van der Waals surface area contributed by atoms with E-state index in [1.54, 1.807) is 17.4 Å². The third-order valence-corrected chi connectivity index (χ3v) is 4.53. The summed E-state index contributed by atoms with van der Waals surface area (Å²) >= 11 is 1.77. The van der Waals surface area contributed by atoms with Crippen LogP contribution in [0.1, 0.15) is 17.3 Å². The minimum Gasteiger partial charge on any atom is -0.339 e. The Labute approximate surface area is 121 Å². The highest BCUT2D eigenvalue weighted by Crippen LogP contribution is 2.30. The highest BCUT2D eigenvalue weighted by Gasteiger charge is 2.16. The smallest absolute Gasteiger partial charge is 0.123 e. The maximum Gasteiger partial charge on any atom is 0.123 e. The molecule has 0 fully saturated rings. The Hall–Kier alpha value is -1.65. The highest BCUT2D eigenvalue weighted by atomic mass is 32.1. The zero-order chi connectivity index (χ0) is 13.9. The van der Waals surface area contributed by atoms with Crippen molar-refractivity contribution in [2.24, 2.45) is 0 Å². The van der Waals surface area contributed by atoms with Crippen LogP contribution in [0.3, 0.4) is 0 Å². The first-order chi connectivity index (χ1) is 9.79. The average Bonchev–Trinajstić information content (AvgIpc) is 3.09. The van der Waals surface area contributed by atoms with Gasteiger partial charge in [0.15, 0.2) is 0 Å². The SMILES string of the molecule is CNCCC(c1cccs1)n1ccc2cc(F)ccc21. The van der Waals surface area contributed by atoms with Crippen LogP contribution in [0.15, 0.2) is 48.0 Å². The molecular weight excluding hydrogens is 271 g/mol. The lowest BCUT2D eigenvalue weighted by Gasteiger charge is -2.19. The van der Waals surface area contributed by atoms with Gasteiger partial charge in [-0.2, -0.15) is 0 Å². The average molecular weight is 288 g/mol. The fraction of sp³-hybridized carbons (Fsp3) is 0.250. The number of hydrogen-bond acceptors (Lipinski definition) is 2. The van der Waals surface area contributed by atoms with Gasteiger partial charge in [0.25, 0.3) is 0 Å². The van der Waals surface area contributed by atoms with Crippen molar-refractivity contribution in [1.29, 1.82) is 0 Å². The second-order valence-electron chi connectivity index (χ2n) is 4.85. The predicted molar refractivity (Wildman–Crippen MR) is 82.9 cm³/mol. The molecule has 0 aliphatic carbocycles. The fourth-order valence-electron chi connectivity index (χ4n) is 2.59. The predicted octanol–water partition coefficient (Wildman–Crippen LogP) is 4.04. The molecule has 1 atom stereocenters. The molecule has 20 heavy (non-hydrogen) atoms. The lowest BCUT2D eigenvalue weighted by molar-refractivity contribution is 0.547. The van der Waals surface area contributed by atoms with Crippen molar-refractivity contribution in [3.63, 3.8) is 0 Å². The van der Waals surface area contributed by atoms with E-state index in [1.807, 2.05) is 19.2 Å². The summed E-state index contributed by atoms with van der Waals surface area (Å²) in [5.74, 6) is -0.182. The third kappa shape index (κ3) is 2.49. The summed E-state index contributed by atoms with van der Waals surface area (Å²) in [6.45, 7) is 0.948. The van der Waals surface area contributed by atoms with E-state index in [9.17, 15) is 4.39 Å². The second kappa shape index (κ2) is 5.77. The van der Waals surface area contributed by atoms with Gasteiger partial charge < -0.3 is 9.88 Å². The molecule has 104 valence electrons. The molecule has 0 saturated carbocycles. The summed E-state index contributed by atoms with van der Waals surface area (Å²) in [6.07, 6.45) is 3.07. The monoisotopic (exact) mass is 288 g/mol. The van der Waals surface area contributed by atoms with Crippen LogP contribution in [-0.4, -0.2) is 18.2 Å². The number of nitrogens with one attached hydrogen (secondary N) is 1. The van der Waals surface area contributed by atoms with Gasteiger partial charge >= 0.3 is 0 Å². The van der Waals surface area contributed by atoms with Gasteiger partial charge in [0, 0.05) is 22.0 Å². The van der Waals surface area contributed by atoms with Crippen LogP contribution >= 0.6 is 11.3 Å². The molecule has 0 saturated heterocycles. The van der Waals surface area contributed by atoms with E-state index in [2.05, 4.69) is 33.6 Å². The molecule has 3 rings (SSSR count). The molecule has 0 amide bonds. The van der Waals surface area contributed by atoms with E-state index < -0.39 is 0 Å². The van der Waals surface area contributed by atoms with Crippen molar-refractivity contribution in [2.45, 2.75) is 12.5 Å². The van der Waals surface area contributed by atoms with Crippen molar-refractivity contribution in [3.05, 3.63) is 58.7 Å². The maximum absolute atomic E-state index is 13.3. The van der Waals surface area contributed by atoms with Crippen LogP contribution in [0.5, 0.6) is 0 Å². The van der Waals surface area contributed by atoms with Gasteiger partial charge in [0.2, 0.25) is 0 Å². The number of hydrogen-bond donors (Lipinski definition) is 1. The first kappa shape index (κ1) is 13.3. The number of nitrogens with zero attached hydrogens (tertiary/aromatic N) is 1. The minimum atomic E-state index is -0.182. The molecule has 1 aromatic carbocycles. The normalized spacial score (nSPS) is 12.9. The van der Waals surface area contributed by atoms with E-state index >= 15 is 0 Å². The summed E-state index contributed by atoms with van der Waals surface area (Å²) in [5, 5.41) is 6.27. The molecule has 2 nitrogen and oxygen atoms in total. The van der Waals surface area contributed by atoms with Crippen molar-refractivity contribution < 1.29 is 4.39 Å². The Balaban J connectivity index is 2.04. The van der Waals surface area contributed by atoms with Crippen LogP contribution < -0.4 is 5.32 Å². The molecule has 0 spiro atoms. The Morgan fingerprint density at radius 3 is 2.95 bits per heavy atom. The van der Waals surface area contributed by atoms with Gasteiger partial charge in [-0.25, -0.2) is 4.39 Å². The Bertz CT molecular complexity index is 688. The first-order valence-corrected chi connectivity index (χ1v) is 7.61. The van der Waals surface area contributed by atoms with Gasteiger partial charge in [-0.15, -0.1) is 11.3 Å². The van der Waals surface area contributed by atoms with Crippen molar-refractivity contribution >= 4 is 22.2 Å². The van der Waals surface area contributed by atoms with E-state index in [0.29, 0.717) is 6.04 Å². The lowest BCUT2D eigenvalue weighted by atomic mass is 10.1. The van der Waals surface area contributed by atoms with Gasteiger partial charge in [-0.3, -0.25) is 0 Å². The summed E-state index contributed by atoms with van der Waals surface area (Å²) in [4.78, 5) is 1.34. The highest BCUT2D eigenvalue weighted by molar-refractivity contribution is 7.10. The van der Waals surface area contributed by atoms with Crippen LogP contribution in [0.4, 0.5) is 4.39 Å². The van der Waals surface area contributed by atoms with Crippen LogP contribution in [0.2, 0.25) is 0 Å². The second-order valence-corrected chi connectivity index (χ2v) is 5.83. The molecule has 1 unspecified atom stereocenters. The Morgan fingerprint density at radius 1 is 1.30 bits per heavy atom. The third-order valence-electron chi connectivity index (χ3n) is 3.56. The molecule has 4 heteroatoms. The number of thiophene rings is 1. The summed E-state index contributed by atoms with van der Waals surface area (Å²) < 4.78 is 15.6. The lowest BCUT2D eigenvalue weighted by Crippen LogP contribution is -2.16. The maximum atomic E-state index is 13.3. The van der Waals surface area contributed by atoms with Gasteiger partial charge in [0.1, 0.15) is 5.82 Å². The number of halogens is 1. The van der Waals surface area contributed by atoms with E-state index in [1.165, 1.54) is 10.9 Å². The Morgan fingerprint density at radius 2 is 2.20 bits per heavy atom. The van der Waals surface area contributed by atoms with E-state index in [-0.39, 0.29) is 5.82 Å². The van der Waals surface area contributed by atoms with Crippen LogP contribution in [-0.2, 0) is 0 Å². The standard InChI is InChI=1S/C16H17FN2S/c1-18-8-6-15(16-3-2-10-20-16)19-9-7-12-11-13(17)4-5-14(12)19/h2-5,7,9-11,15,18H,6,8H2,1H3. The molecule has 0 aliphatic rings. The first-order valence-electron chi connectivity index (χ1n) is 6.73. The largest absolute Gasteiger partial charge is 0.339 e. The quantitative estimate of drug-likeness (QED) is 0.749.